The molecule has 5 heteroatoms. The molecule has 0 radical (unpaired) electrons. The first kappa shape index (κ1) is 26.0. The van der Waals surface area contributed by atoms with Crippen molar-refractivity contribution in [2.75, 3.05) is 4.90 Å². The first-order chi connectivity index (χ1) is 16.7. The van der Waals surface area contributed by atoms with Crippen LogP contribution in [0, 0.1) is 5.92 Å². The number of carbonyl (C=O) groups is 2. The van der Waals surface area contributed by atoms with Crippen molar-refractivity contribution >= 4 is 23.3 Å². The second-order valence-corrected chi connectivity index (χ2v) is 10.0. The highest BCUT2D eigenvalue weighted by molar-refractivity contribution is 5.92. The maximum Gasteiger partial charge on any atom is 0.329 e. The Balaban J connectivity index is 2.02. The largest absolute Gasteiger partial charge is 0.458 e. The summed E-state index contributed by atoms with van der Waals surface area (Å²) in [7, 11) is 0. The molecule has 3 aromatic rings. The summed E-state index contributed by atoms with van der Waals surface area (Å²) in [6, 6.07) is 28.3. The number of anilines is 2. The van der Waals surface area contributed by atoms with Crippen LogP contribution in [0.3, 0.4) is 0 Å². The van der Waals surface area contributed by atoms with Crippen molar-refractivity contribution in [1.29, 1.82) is 0 Å². The molecule has 0 saturated carbocycles. The Labute approximate surface area is 209 Å². The Bertz CT molecular complexity index is 1040. The van der Waals surface area contributed by atoms with Crippen molar-refractivity contribution in [3.63, 3.8) is 0 Å². The van der Waals surface area contributed by atoms with Crippen LogP contribution < -0.4 is 10.2 Å². The zero-order chi connectivity index (χ0) is 25.4. The number of hydrogen-bond donors (Lipinski definition) is 1. The van der Waals surface area contributed by atoms with Crippen LogP contribution in [0.2, 0.25) is 0 Å². The van der Waals surface area contributed by atoms with E-state index in [9.17, 15) is 9.59 Å². The van der Waals surface area contributed by atoms with E-state index in [4.69, 9.17) is 4.74 Å². The van der Waals surface area contributed by atoms with E-state index in [2.05, 4.69) is 5.32 Å². The van der Waals surface area contributed by atoms with Crippen molar-refractivity contribution < 1.29 is 14.3 Å². The van der Waals surface area contributed by atoms with Crippen LogP contribution in [0.4, 0.5) is 11.4 Å². The van der Waals surface area contributed by atoms with Gasteiger partial charge in [-0.05, 0) is 56.5 Å². The van der Waals surface area contributed by atoms with Crippen LogP contribution >= 0.6 is 0 Å². The lowest BCUT2D eigenvalue weighted by Crippen LogP contribution is -2.54. The molecular weight excluding hydrogens is 435 g/mol. The highest BCUT2D eigenvalue weighted by Crippen LogP contribution is 2.29. The molecule has 0 spiro atoms. The fraction of sp³-hybridized carbons (Fsp3) is 0.333. The van der Waals surface area contributed by atoms with Crippen LogP contribution in [0.25, 0.3) is 0 Å². The van der Waals surface area contributed by atoms with Crippen molar-refractivity contribution in [1.82, 2.24) is 5.32 Å². The molecule has 2 atom stereocenters. The molecule has 1 amide bonds. The minimum Gasteiger partial charge on any atom is -0.458 e. The average molecular weight is 472 g/mol. The maximum absolute atomic E-state index is 14.0. The number of nitrogens with zero attached hydrogens (tertiary/aromatic N) is 1. The molecule has 1 N–H and O–H groups in total. The van der Waals surface area contributed by atoms with E-state index >= 15 is 0 Å². The molecular formula is C30H36N2O3. The Morgan fingerprint density at radius 2 is 1.26 bits per heavy atom. The number of esters is 1. The van der Waals surface area contributed by atoms with Crippen LogP contribution in [0.15, 0.2) is 91.0 Å². The monoisotopic (exact) mass is 471 g/mol. The van der Waals surface area contributed by atoms with Gasteiger partial charge in [0, 0.05) is 17.8 Å². The first-order valence-electron chi connectivity index (χ1n) is 12.1. The van der Waals surface area contributed by atoms with Gasteiger partial charge in [-0.3, -0.25) is 4.79 Å². The van der Waals surface area contributed by atoms with Gasteiger partial charge in [0.05, 0.1) is 0 Å². The molecule has 0 aliphatic rings. The van der Waals surface area contributed by atoms with E-state index in [-0.39, 0.29) is 11.8 Å². The third-order valence-corrected chi connectivity index (χ3v) is 5.58. The van der Waals surface area contributed by atoms with Gasteiger partial charge in [0.15, 0.2) is 0 Å². The standard InChI is InChI=1S/C30H36N2O3/c1-22(2)27(29(34)35-30(3,4)5)31-28(33)26(21-23-15-9-6-10-16-23)32(24-17-11-7-12-18-24)25-19-13-8-14-20-25/h6-20,22,26-27H,21H2,1-5H3,(H,31,33)/t26-,27+/m0/s1/i21-1. The van der Waals surface area contributed by atoms with Gasteiger partial charge in [-0.15, -0.1) is 0 Å². The van der Waals surface area contributed by atoms with Crippen LogP contribution in [-0.4, -0.2) is 29.6 Å². The zero-order valence-electron chi connectivity index (χ0n) is 21.3. The van der Waals surface area contributed by atoms with Crippen LogP contribution in [-0.2, 0) is 20.7 Å². The van der Waals surface area contributed by atoms with Crippen LogP contribution in [0.1, 0.15) is 40.2 Å². The molecule has 35 heavy (non-hydrogen) atoms. The fourth-order valence-electron chi connectivity index (χ4n) is 3.94. The molecule has 0 heterocycles. The second-order valence-electron chi connectivity index (χ2n) is 10.0. The summed E-state index contributed by atoms with van der Waals surface area (Å²) in [6.07, 6.45) is 0.468. The summed E-state index contributed by atoms with van der Waals surface area (Å²) in [4.78, 5) is 29.0. The Morgan fingerprint density at radius 1 is 0.800 bits per heavy atom. The number of rotatable bonds is 9. The SMILES string of the molecule is CC(C)[C@@H](NC(=O)[C@H]([11CH2]c1ccccc1)N(c1ccccc1)c1ccccc1)C(=O)OC(C)(C)C. The zero-order valence-corrected chi connectivity index (χ0v) is 21.3. The van der Waals surface area contributed by atoms with Gasteiger partial charge in [0.25, 0.3) is 0 Å². The number of benzene rings is 3. The minimum absolute atomic E-state index is 0.131. The molecule has 0 unspecified atom stereocenters. The number of carbonyl (C=O) groups excluding carboxylic acids is 2. The van der Waals surface area contributed by atoms with Gasteiger partial charge in [-0.1, -0.05) is 80.6 Å². The summed E-state index contributed by atoms with van der Waals surface area (Å²) in [5, 5.41) is 3.02. The molecule has 0 saturated heterocycles. The lowest BCUT2D eigenvalue weighted by Gasteiger charge is -2.35. The van der Waals surface area contributed by atoms with Crippen molar-refractivity contribution in [3.05, 3.63) is 96.6 Å². The van der Waals surface area contributed by atoms with E-state index in [1.54, 1.807) is 0 Å². The van der Waals surface area contributed by atoms with E-state index in [0.29, 0.717) is 6.42 Å². The summed E-state index contributed by atoms with van der Waals surface area (Å²) >= 11 is 0. The topological polar surface area (TPSA) is 58.6 Å². The third-order valence-electron chi connectivity index (χ3n) is 5.58. The van der Waals surface area contributed by atoms with E-state index in [0.717, 1.165) is 16.9 Å². The molecule has 0 aliphatic carbocycles. The van der Waals surface area contributed by atoms with Crippen molar-refractivity contribution in [2.45, 2.75) is 58.7 Å². The van der Waals surface area contributed by atoms with E-state index in [1.807, 2.05) is 131 Å². The van der Waals surface area contributed by atoms with Gasteiger partial charge < -0.3 is 15.0 Å². The third kappa shape index (κ3) is 7.44. The summed E-state index contributed by atoms with van der Waals surface area (Å²) < 4.78 is 5.62. The Morgan fingerprint density at radius 3 is 1.69 bits per heavy atom. The van der Waals surface area contributed by atoms with Gasteiger partial charge in [0.2, 0.25) is 5.91 Å². The number of para-hydroxylation sites is 2. The Kier molecular flexibility index (Phi) is 8.69. The van der Waals surface area contributed by atoms with Crippen molar-refractivity contribution in [3.8, 4) is 0 Å². The second kappa shape index (κ2) is 11.7. The lowest BCUT2D eigenvalue weighted by atomic mass is 9.71. The summed E-state index contributed by atoms with van der Waals surface area (Å²) in [5.41, 5.74) is 2.18. The molecule has 5 nitrogen and oxygen atoms in total. The highest BCUT2D eigenvalue weighted by Gasteiger charge is 2.34. The number of amides is 1. The van der Waals surface area contributed by atoms with Crippen LogP contribution in [0.5, 0.6) is 0 Å². The quantitative estimate of drug-likeness (QED) is 0.394. The normalized spacial score (nSPS) is 13.1. The number of hydrogen-bond acceptors (Lipinski definition) is 4. The first-order valence-corrected chi connectivity index (χ1v) is 12.1. The molecule has 0 aromatic heterocycles. The smallest absolute Gasteiger partial charge is 0.329 e. The number of ether oxygens (including phenoxy) is 1. The number of nitrogens with one attached hydrogen (secondary N) is 1. The highest BCUT2D eigenvalue weighted by atomic mass is 16.6. The maximum atomic E-state index is 14.0. The van der Waals surface area contributed by atoms with Gasteiger partial charge in [-0.25, -0.2) is 4.79 Å². The Hall–Kier alpha value is -3.60. The van der Waals surface area contributed by atoms with Gasteiger partial charge in [0.1, 0.15) is 17.7 Å². The molecule has 184 valence electrons. The predicted molar refractivity (Wildman–Crippen MR) is 142 cm³/mol. The average Bonchev–Trinajstić information content (AvgIpc) is 2.82. The molecule has 3 rings (SSSR count). The lowest BCUT2D eigenvalue weighted by molar-refractivity contribution is -0.160. The molecule has 0 fully saturated rings. The summed E-state index contributed by atoms with van der Waals surface area (Å²) in [6.45, 7) is 9.30. The molecule has 0 bridgehead atoms. The minimum atomic E-state index is -0.756. The molecule has 3 aromatic carbocycles. The fourth-order valence-corrected chi connectivity index (χ4v) is 3.94. The summed E-state index contributed by atoms with van der Waals surface area (Å²) in [5.74, 6) is -0.788. The molecule has 0 aliphatic heterocycles. The van der Waals surface area contributed by atoms with Gasteiger partial charge >= 0.3 is 5.97 Å². The van der Waals surface area contributed by atoms with Crippen molar-refractivity contribution in [2.24, 2.45) is 5.92 Å². The van der Waals surface area contributed by atoms with E-state index < -0.39 is 23.7 Å². The van der Waals surface area contributed by atoms with Gasteiger partial charge in [-0.2, -0.15) is 0 Å². The predicted octanol–water partition coefficient (Wildman–Crippen LogP) is 5.92. The van der Waals surface area contributed by atoms with E-state index in [1.165, 1.54) is 0 Å².